The Morgan fingerprint density at radius 1 is 1.26 bits per heavy atom. The summed E-state index contributed by atoms with van der Waals surface area (Å²) in [5.41, 5.74) is 6.77. The molecule has 100 valence electrons. The van der Waals surface area contributed by atoms with Gasteiger partial charge >= 0.3 is 5.69 Å². The van der Waals surface area contributed by atoms with E-state index >= 15 is 0 Å². The van der Waals surface area contributed by atoms with Gasteiger partial charge in [-0.15, -0.1) is 0 Å². The summed E-state index contributed by atoms with van der Waals surface area (Å²) in [6, 6.07) is 6.99. The van der Waals surface area contributed by atoms with Crippen molar-refractivity contribution in [2.45, 2.75) is 6.54 Å². The highest BCUT2D eigenvalue weighted by molar-refractivity contribution is 5.92. The zero-order valence-corrected chi connectivity index (χ0v) is 10.9. The van der Waals surface area contributed by atoms with E-state index in [-0.39, 0.29) is 18.1 Å². The Hall–Kier alpha value is -2.50. The van der Waals surface area contributed by atoms with Gasteiger partial charge in [-0.1, -0.05) is 0 Å². The summed E-state index contributed by atoms with van der Waals surface area (Å²) in [6.07, 6.45) is 3.22. The molecule has 1 aromatic heterocycles. The maximum Gasteiger partial charge on any atom is 0.328 e. The van der Waals surface area contributed by atoms with Crippen molar-refractivity contribution in [1.82, 2.24) is 9.13 Å². The summed E-state index contributed by atoms with van der Waals surface area (Å²) >= 11 is 0. The zero-order valence-electron chi connectivity index (χ0n) is 10.9. The number of carbonyl (C=O) groups excluding carboxylic acids is 1. The highest BCUT2D eigenvalue weighted by Gasteiger charge is 2.12. The molecule has 6 heteroatoms. The maximum atomic E-state index is 12.1. The van der Waals surface area contributed by atoms with Crippen LogP contribution in [0.5, 0.6) is 0 Å². The molecule has 0 spiro atoms. The van der Waals surface area contributed by atoms with Gasteiger partial charge < -0.3 is 15.2 Å². The van der Waals surface area contributed by atoms with Crippen LogP contribution in [0, 0.1) is 0 Å². The Morgan fingerprint density at radius 2 is 1.89 bits per heavy atom. The van der Waals surface area contributed by atoms with Gasteiger partial charge in [0.1, 0.15) is 6.54 Å². The van der Waals surface area contributed by atoms with Gasteiger partial charge in [0.2, 0.25) is 5.91 Å². The fourth-order valence-electron chi connectivity index (χ4n) is 1.72. The van der Waals surface area contributed by atoms with Crippen molar-refractivity contribution < 1.29 is 4.79 Å². The normalized spacial score (nSPS) is 10.4. The van der Waals surface area contributed by atoms with Gasteiger partial charge in [0.15, 0.2) is 0 Å². The number of nitrogen functional groups attached to an aromatic ring is 1. The molecule has 0 unspecified atom stereocenters. The van der Waals surface area contributed by atoms with Gasteiger partial charge in [-0.2, -0.15) is 0 Å². The van der Waals surface area contributed by atoms with Crippen LogP contribution in [0.15, 0.2) is 41.5 Å². The predicted octanol–water partition coefficient (Wildman–Crippen LogP) is 0.432. The van der Waals surface area contributed by atoms with Crippen molar-refractivity contribution >= 4 is 17.3 Å². The first-order valence-electron chi connectivity index (χ1n) is 5.83. The van der Waals surface area contributed by atoms with E-state index in [0.717, 1.165) is 5.69 Å². The summed E-state index contributed by atoms with van der Waals surface area (Å²) < 4.78 is 2.80. The molecule has 19 heavy (non-hydrogen) atoms. The Morgan fingerprint density at radius 3 is 2.42 bits per heavy atom. The smallest absolute Gasteiger partial charge is 0.328 e. The number of hydrogen-bond donors (Lipinski definition) is 1. The van der Waals surface area contributed by atoms with Gasteiger partial charge in [0, 0.05) is 37.9 Å². The second-order valence-electron chi connectivity index (χ2n) is 4.36. The Bertz CT molecular complexity index is 639. The van der Waals surface area contributed by atoms with E-state index in [4.69, 9.17) is 5.73 Å². The van der Waals surface area contributed by atoms with Gasteiger partial charge in [-0.25, -0.2) is 4.79 Å². The van der Waals surface area contributed by atoms with Crippen molar-refractivity contribution in [2.75, 3.05) is 17.7 Å². The molecule has 0 aliphatic heterocycles. The summed E-state index contributed by atoms with van der Waals surface area (Å²) in [5.74, 6) is -0.168. The summed E-state index contributed by atoms with van der Waals surface area (Å²) in [7, 11) is 3.31. The van der Waals surface area contributed by atoms with Crippen molar-refractivity contribution in [1.29, 1.82) is 0 Å². The maximum absolute atomic E-state index is 12.1. The summed E-state index contributed by atoms with van der Waals surface area (Å²) in [4.78, 5) is 25.2. The lowest BCUT2D eigenvalue weighted by atomic mass is 10.2. The van der Waals surface area contributed by atoms with Crippen LogP contribution < -0.4 is 16.3 Å². The molecular formula is C13H16N4O2. The number of aryl methyl sites for hydroxylation is 1. The number of nitrogens with two attached hydrogens (primary N) is 1. The van der Waals surface area contributed by atoms with E-state index in [0.29, 0.717) is 5.69 Å². The van der Waals surface area contributed by atoms with E-state index < -0.39 is 0 Å². The number of benzene rings is 1. The standard InChI is InChI=1S/C13H16N4O2/c1-15-7-8-17(13(15)19)9-12(18)16(2)11-5-3-10(14)4-6-11/h3-8H,9,14H2,1-2H3. The molecule has 0 radical (unpaired) electrons. The van der Waals surface area contributed by atoms with Gasteiger partial charge in [-0.3, -0.25) is 9.36 Å². The predicted molar refractivity (Wildman–Crippen MR) is 73.9 cm³/mol. The van der Waals surface area contributed by atoms with Crippen LogP contribution in [0.25, 0.3) is 0 Å². The Labute approximate surface area is 110 Å². The van der Waals surface area contributed by atoms with Crippen LogP contribution in [0.4, 0.5) is 11.4 Å². The monoisotopic (exact) mass is 260 g/mol. The number of amides is 1. The highest BCUT2D eigenvalue weighted by atomic mass is 16.2. The number of carbonyl (C=O) groups is 1. The van der Waals surface area contributed by atoms with Crippen molar-refractivity contribution in [3.05, 3.63) is 47.1 Å². The number of rotatable bonds is 3. The van der Waals surface area contributed by atoms with E-state index in [1.165, 1.54) is 14.0 Å². The van der Waals surface area contributed by atoms with E-state index in [1.807, 2.05) is 0 Å². The molecule has 0 fully saturated rings. The van der Waals surface area contributed by atoms with Crippen LogP contribution >= 0.6 is 0 Å². The molecule has 0 bridgehead atoms. The van der Waals surface area contributed by atoms with Gasteiger partial charge in [0.25, 0.3) is 0 Å². The second-order valence-corrected chi connectivity index (χ2v) is 4.36. The quantitative estimate of drug-likeness (QED) is 0.813. The first-order chi connectivity index (χ1) is 8.99. The molecule has 2 N–H and O–H groups in total. The Kier molecular flexibility index (Phi) is 3.41. The molecule has 1 amide bonds. The number of likely N-dealkylation sites (N-methyl/N-ethyl adjacent to an activating group) is 1. The summed E-state index contributed by atoms with van der Waals surface area (Å²) in [5, 5.41) is 0. The zero-order chi connectivity index (χ0) is 14.0. The van der Waals surface area contributed by atoms with Crippen LogP contribution in [0.3, 0.4) is 0 Å². The number of nitrogens with zero attached hydrogens (tertiary/aromatic N) is 3. The second kappa shape index (κ2) is 5.01. The van der Waals surface area contributed by atoms with Crippen LogP contribution in [-0.2, 0) is 18.4 Å². The third kappa shape index (κ3) is 2.67. The van der Waals surface area contributed by atoms with Gasteiger partial charge in [-0.05, 0) is 24.3 Å². The lowest BCUT2D eigenvalue weighted by Gasteiger charge is -2.17. The fourth-order valence-corrected chi connectivity index (χ4v) is 1.72. The molecule has 0 saturated carbocycles. The minimum atomic E-state index is -0.209. The van der Waals surface area contributed by atoms with Crippen LogP contribution in [-0.4, -0.2) is 22.1 Å². The van der Waals surface area contributed by atoms with Crippen molar-refractivity contribution in [2.24, 2.45) is 7.05 Å². The van der Waals surface area contributed by atoms with Gasteiger partial charge in [0.05, 0.1) is 0 Å². The van der Waals surface area contributed by atoms with E-state index in [2.05, 4.69) is 0 Å². The lowest BCUT2D eigenvalue weighted by Crippen LogP contribution is -2.33. The Balaban J connectivity index is 2.14. The summed E-state index contributed by atoms with van der Waals surface area (Å²) in [6.45, 7) is 0.0144. The number of hydrogen-bond acceptors (Lipinski definition) is 3. The highest BCUT2D eigenvalue weighted by Crippen LogP contribution is 2.15. The first-order valence-corrected chi connectivity index (χ1v) is 5.83. The molecule has 1 heterocycles. The first kappa shape index (κ1) is 12.9. The third-order valence-corrected chi connectivity index (χ3v) is 2.98. The molecule has 0 aliphatic carbocycles. The topological polar surface area (TPSA) is 73.3 Å². The fraction of sp³-hybridized carbons (Fsp3) is 0.231. The largest absolute Gasteiger partial charge is 0.399 e. The molecule has 1 aromatic carbocycles. The molecule has 0 aliphatic rings. The molecule has 2 rings (SSSR count). The van der Waals surface area contributed by atoms with E-state index in [1.54, 1.807) is 50.8 Å². The SMILES string of the molecule is CN(C(=O)Cn1ccn(C)c1=O)c1ccc(N)cc1. The number of imidazole rings is 1. The van der Waals surface area contributed by atoms with Crippen LogP contribution in [0.1, 0.15) is 0 Å². The third-order valence-electron chi connectivity index (χ3n) is 2.98. The number of aromatic nitrogens is 2. The van der Waals surface area contributed by atoms with Crippen molar-refractivity contribution in [3.63, 3.8) is 0 Å². The number of anilines is 2. The average Bonchev–Trinajstić information content (AvgIpc) is 2.71. The van der Waals surface area contributed by atoms with E-state index in [9.17, 15) is 9.59 Å². The molecule has 6 nitrogen and oxygen atoms in total. The minimum Gasteiger partial charge on any atom is -0.399 e. The molecule has 2 aromatic rings. The lowest BCUT2D eigenvalue weighted by molar-refractivity contribution is -0.118. The molecule has 0 saturated heterocycles. The van der Waals surface area contributed by atoms with Crippen LogP contribution in [0.2, 0.25) is 0 Å². The minimum absolute atomic E-state index is 0.0144. The molecule has 0 atom stereocenters. The van der Waals surface area contributed by atoms with Crippen molar-refractivity contribution in [3.8, 4) is 0 Å². The molecular weight excluding hydrogens is 244 g/mol. The average molecular weight is 260 g/mol.